The zero-order valence-electron chi connectivity index (χ0n) is 31.5. The fourth-order valence-corrected chi connectivity index (χ4v) is 6.08. The van der Waals surface area contributed by atoms with Gasteiger partial charge in [0.2, 0.25) is 11.8 Å². The van der Waals surface area contributed by atoms with Crippen LogP contribution in [0, 0.1) is 29.6 Å². The van der Waals surface area contributed by atoms with Crippen LogP contribution in [0.2, 0.25) is 0 Å². The van der Waals surface area contributed by atoms with Gasteiger partial charge in [-0.05, 0) is 96.3 Å². The normalized spacial score (nSPS) is 19.8. The van der Waals surface area contributed by atoms with Crippen LogP contribution >= 0.6 is 0 Å². The zero-order chi connectivity index (χ0) is 35.8. The highest BCUT2D eigenvalue weighted by atomic mass is 16.6. The van der Waals surface area contributed by atoms with Crippen molar-refractivity contribution in [2.75, 3.05) is 26.8 Å². The van der Waals surface area contributed by atoms with E-state index in [4.69, 9.17) is 18.9 Å². The molecule has 0 aromatic rings. The largest absolute Gasteiger partial charge is 0.458 e. The van der Waals surface area contributed by atoms with Crippen molar-refractivity contribution < 1.29 is 38.1 Å². The van der Waals surface area contributed by atoms with Crippen molar-refractivity contribution in [3.8, 4) is 0 Å². The summed E-state index contributed by atoms with van der Waals surface area (Å²) < 4.78 is 23.2. The highest BCUT2D eigenvalue weighted by Gasteiger charge is 2.40. The predicted molar refractivity (Wildman–Crippen MR) is 185 cm³/mol. The minimum absolute atomic E-state index is 0.0111. The number of amides is 2. The van der Waals surface area contributed by atoms with Gasteiger partial charge in [0.25, 0.3) is 0 Å². The number of hydrogen-bond acceptors (Lipinski definition) is 8. The van der Waals surface area contributed by atoms with Crippen molar-refractivity contribution >= 4 is 23.8 Å². The second-order valence-corrected chi connectivity index (χ2v) is 15.9. The number of esters is 2. The Morgan fingerprint density at radius 2 is 1.34 bits per heavy atom. The van der Waals surface area contributed by atoms with Gasteiger partial charge in [-0.3, -0.25) is 19.2 Å². The molecule has 1 rings (SSSR count). The Hall–Kier alpha value is -2.20. The summed E-state index contributed by atoms with van der Waals surface area (Å²) in [6, 6.07) is 0. The Bertz CT molecular complexity index is 964. The summed E-state index contributed by atoms with van der Waals surface area (Å²) in [6.07, 6.45) is 4.45. The summed E-state index contributed by atoms with van der Waals surface area (Å²) >= 11 is 0. The number of carbonyl (C=O) groups is 4. The Kier molecular flexibility index (Phi) is 19.1. The number of carbonyl (C=O) groups excluding carboxylic acids is 4. The zero-order valence-corrected chi connectivity index (χ0v) is 31.5. The molecule has 0 aromatic heterocycles. The van der Waals surface area contributed by atoms with E-state index >= 15 is 0 Å². The van der Waals surface area contributed by atoms with Gasteiger partial charge in [-0.2, -0.15) is 0 Å². The lowest BCUT2D eigenvalue weighted by molar-refractivity contribution is -0.168. The van der Waals surface area contributed by atoms with Crippen LogP contribution in [0.4, 0.5) is 0 Å². The summed E-state index contributed by atoms with van der Waals surface area (Å²) in [4.78, 5) is 50.6. The van der Waals surface area contributed by atoms with Gasteiger partial charge >= 0.3 is 11.9 Å². The summed E-state index contributed by atoms with van der Waals surface area (Å²) in [6.45, 7) is 21.9. The van der Waals surface area contributed by atoms with Crippen molar-refractivity contribution in [3.05, 3.63) is 0 Å². The molecule has 0 aromatic carbocycles. The van der Waals surface area contributed by atoms with Crippen LogP contribution in [0.1, 0.15) is 133 Å². The van der Waals surface area contributed by atoms with Gasteiger partial charge < -0.3 is 29.6 Å². The first-order valence-electron chi connectivity index (χ1n) is 17.9. The molecule has 1 fully saturated rings. The standard InChI is InChI=1S/C37H68N2O8/c1-25(2)19-27(5)21-34(42)46-30-22-29(23-31(30)47-35(43)28(6)20-26(3)4)24-39-33(41)14-13-32(40)38-17-12-15-37(9,10)45-18-16-36(7,8)44-11/h25-31H,12-24H2,1-11H3,(H,38,40)(H,39,41)/t27?,28?,29?,30-,31+/m0/s1. The van der Waals surface area contributed by atoms with Crippen LogP contribution in [0.3, 0.4) is 0 Å². The SMILES string of the molecule is COC(C)(C)CCOC(C)(C)CCCNC(=O)CCC(=O)NCC1C[C@H](OC(=O)CC(C)CC(C)C)[C@H](OC(=O)C(C)CC(C)C)C1. The van der Waals surface area contributed by atoms with Crippen LogP contribution in [0.5, 0.6) is 0 Å². The fraction of sp³-hybridized carbons (Fsp3) is 0.892. The van der Waals surface area contributed by atoms with E-state index in [0.29, 0.717) is 50.8 Å². The minimum atomic E-state index is -0.540. The average Bonchev–Trinajstić information content (AvgIpc) is 3.32. The Morgan fingerprint density at radius 3 is 1.91 bits per heavy atom. The molecule has 10 nitrogen and oxygen atoms in total. The lowest BCUT2D eigenvalue weighted by Gasteiger charge is -2.29. The van der Waals surface area contributed by atoms with E-state index in [2.05, 4.69) is 38.3 Å². The van der Waals surface area contributed by atoms with E-state index in [1.165, 1.54) is 0 Å². The molecule has 5 atom stereocenters. The van der Waals surface area contributed by atoms with Crippen LogP contribution < -0.4 is 10.6 Å². The van der Waals surface area contributed by atoms with E-state index < -0.39 is 12.2 Å². The van der Waals surface area contributed by atoms with Crippen molar-refractivity contribution in [1.82, 2.24) is 10.6 Å². The van der Waals surface area contributed by atoms with E-state index in [1.807, 2.05) is 41.5 Å². The average molecular weight is 669 g/mol. The molecule has 1 aliphatic rings. The smallest absolute Gasteiger partial charge is 0.309 e. The molecule has 0 bridgehead atoms. The van der Waals surface area contributed by atoms with Gasteiger partial charge in [0.15, 0.2) is 0 Å². The molecule has 274 valence electrons. The summed E-state index contributed by atoms with van der Waals surface area (Å²) in [5, 5.41) is 5.82. The lowest BCUT2D eigenvalue weighted by Crippen LogP contribution is -2.33. The molecule has 2 N–H and O–H groups in total. The van der Waals surface area contributed by atoms with Gasteiger partial charge in [-0.15, -0.1) is 0 Å². The second kappa shape index (κ2) is 21.0. The molecular weight excluding hydrogens is 600 g/mol. The van der Waals surface area contributed by atoms with Crippen molar-refractivity contribution in [1.29, 1.82) is 0 Å². The molecule has 0 radical (unpaired) electrons. The topological polar surface area (TPSA) is 129 Å². The molecule has 0 saturated heterocycles. The first-order chi connectivity index (χ1) is 21.8. The quantitative estimate of drug-likeness (QED) is 0.0949. The fourth-order valence-electron chi connectivity index (χ4n) is 6.08. The van der Waals surface area contributed by atoms with Gasteiger partial charge in [0, 0.05) is 39.5 Å². The number of hydrogen-bond donors (Lipinski definition) is 2. The molecule has 1 saturated carbocycles. The van der Waals surface area contributed by atoms with Crippen LogP contribution in [0.15, 0.2) is 0 Å². The van der Waals surface area contributed by atoms with E-state index in [1.54, 1.807) is 7.11 Å². The van der Waals surface area contributed by atoms with Crippen molar-refractivity contribution in [2.24, 2.45) is 29.6 Å². The van der Waals surface area contributed by atoms with E-state index in [9.17, 15) is 19.2 Å². The highest BCUT2D eigenvalue weighted by molar-refractivity contribution is 5.83. The number of nitrogens with one attached hydrogen (secondary N) is 2. The number of ether oxygens (including phenoxy) is 4. The predicted octanol–water partition coefficient (Wildman–Crippen LogP) is 6.38. The summed E-state index contributed by atoms with van der Waals surface area (Å²) in [5.74, 6) is -0.149. The van der Waals surface area contributed by atoms with Crippen LogP contribution in [-0.4, -0.2) is 74.0 Å². The molecule has 2 amide bonds. The van der Waals surface area contributed by atoms with Gasteiger partial charge in [-0.1, -0.05) is 41.5 Å². The first-order valence-corrected chi connectivity index (χ1v) is 17.9. The number of rotatable bonds is 23. The molecule has 1 aliphatic carbocycles. The molecule has 0 spiro atoms. The van der Waals surface area contributed by atoms with Crippen molar-refractivity contribution in [3.63, 3.8) is 0 Å². The van der Waals surface area contributed by atoms with Crippen LogP contribution in [-0.2, 0) is 38.1 Å². The summed E-state index contributed by atoms with van der Waals surface area (Å²) in [7, 11) is 1.70. The van der Waals surface area contributed by atoms with E-state index in [0.717, 1.165) is 32.1 Å². The van der Waals surface area contributed by atoms with Crippen LogP contribution in [0.25, 0.3) is 0 Å². The Morgan fingerprint density at radius 1 is 0.766 bits per heavy atom. The molecule has 0 aliphatic heterocycles. The van der Waals surface area contributed by atoms with Gasteiger partial charge in [0.1, 0.15) is 12.2 Å². The molecular formula is C37H68N2O8. The first kappa shape index (κ1) is 42.8. The third-order valence-corrected chi connectivity index (χ3v) is 8.91. The molecule has 10 heteroatoms. The molecule has 0 heterocycles. The lowest BCUT2D eigenvalue weighted by atomic mass is 9.96. The monoisotopic (exact) mass is 668 g/mol. The third kappa shape index (κ3) is 19.4. The maximum absolute atomic E-state index is 12.8. The molecule has 47 heavy (non-hydrogen) atoms. The Labute approximate surface area is 285 Å². The van der Waals surface area contributed by atoms with Crippen molar-refractivity contribution in [2.45, 2.75) is 157 Å². The number of methoxy groups -OCH3 is 1. The highest BCUT2D eigenvalue weighted by Crippen LogP contribution is 2.32. The Balaban J connectivity index is 2.51. The molecule has 3 unspecified atom stereocenters. The summed E-state index contributed by atoms with van der Waals surface area (Å²) in [5.41, 5.74) is -0.527. The maximum atomic E-state index is 12.8. The van der Waals surface area contributed by atoms with Gasteiger partial charge in [0.05, 0.1) is 23.7 Å². The second-order valence-electron chi connectivity index (χ2n) is 15.9. The third-order valence-electron chi connectivity index (χ3n) is 8.91. The van der Waals surface area contributed by atoms with E-state index in [-0.39, 0.29) is 65.6 Å². The maximum Gasteiger partial charge on any atom is 0.309 e. The minimum Gasteiger partial charge on any atom is -0.458 e. The van der Waals surface area contributed by atoms with Gasteiger partial charge in [-0.25, -0.2) is 0 Å².